The van der Waals surface area contributed by atoms with Gasteiger partial charge in [0.1, 0.15) is 0 Å². The molecule has 0 aliphatic carbocycles. The second-order valence-corrected chi connectivity index (χ2v) is 4.51. The first kappa shape index (κ1) is 11.0. The number of nitrogens with one attached hydrogen (secondary N) is 1. The van der Waals surface area contributed by atoms with Gasteiger partial charge in [0.25, 0.3) is 5.69 Å². The normalized spacial score (nSPS) is 19.6. The van der Waals surface area contributed by atoms with Crippen LogP contribution in [0, 0.1) is 10.1 Å². The number of nitrogens with two attached hydrogens (primary N) is 1. The lowest BCUT2D eigenvalue weighted by molar-refractivity contribution is -0.384. The number of fused-ring (bicyclic) bond motifs is 1. The van der Waals surface area contributed by atoms with Crippen LogP contribution in [0.1, 0.15) is 6.42 Å². The second-order valence-electron chi connectivity index (χ2n) is 4.51. The topological polar surface area (TPSA) is 101 Å². The minimum Gasteiger partial charge on any atom is -0.341 e. The highest BCUT2D eigenvalue weighted by atomic mass is 16.6. The summed E-state index contributed by atoms with van der Waals surface area (Å²) in [7, 11) is 0. The third-order valence-electron chi connectivity index (χ3n) is 3.19. The number of hydrogen-bond acceptors (Lipinski definition) is 5. The zero-order chi connectivity index (χ0) is 12.7. The second kappa shape index (κ2) is 3.95. The molecule has 2 aromatic rings. The summed E-state index contributed by atoms with van der Waals surface area (Å²) in [5.41, 5.74) is 7.33. The van der Waals surface area contributed by atoms with Crippen molar-refractivity contribution in [1.29, 1.82) is 0 Å². The molecule has 1 aliphatic rings. The van der Waals surface area contributed by atoms with Gasteiger partial charge < -0.3 is 15.6 Å². The first-order chi connectivity index (χ1) is 8.63. The first-order valence-electron chi connectivity index (χ1n) is 5.78. The van der Waals surface area contributed by atoms with Crippen LogP contribution in [0.3, 0.4) is 0 Å². The number of anilines is 1. The van der Waals surface area contributed by atoms with Crippen LogP contribution in [0.15, 0.2) is 18.2 Å². The van der Waals surface area contributed by atoms with Crippen molar-refractivity contribution in [1.82, 2.24) is 9.97 Å². The molecule has 1 saturated heterocycles. The first-order valence-corrected chi connectivity index (χ1v) is 5.78. The summed E-state index contributed by atoms with van der Waals surface area (Å²) in [5, 5.41) is 10.7. The zero-order valence-electron chi connectivity index (χ0n) is 9.67. The summed E-state index contributed by atoms with van der Waals surface area (Å²) >= 11 is 0. The molecule has 1 unspecified atom stereocenters. The zero-order valence-corrected chi connectivity index (χ0v) is 9.67. The van der Waals surface area contributed by atoms with Gasteiger partial charge in [0, 0.05) is 31.3 Å². The number of rotatable bonds is 2. The van der Waals surface area contributed by atoms with E-state index < -0.39 is 4.92 Å². The van der Waals surface area contributed by atoms with Crippen LogP contribution in [0.25, 0.3) is 11.0 Å². The quantitative estimate of drug-likeness (QED) is 0.609. The van der Waals surface area contributed by atoms with E-state index in [1.807, 2.05) is 0 Å². The van der Waals surface area contributed by atoms with E-state index in [1.165, 1.54) is 12.1 Å². The van der Waals surface area contributed by atoms with Gasteiger partial charge >= 0.3 is 0 Å². The van der Waals surface area contributed by atoms with Crippen molar-refractivity contribution in [3.8, 4) is 0 Å². The summed E-state index contributed by atoms with van der Waals surface area (Å²) in [5.74, 6) is 0.735. The van der Waals surface area contributed by atoms with Crippen molar-refractivity contribution in [3.63, 3.8) is 0 Å². The van der Waals surface area contributed by atoms with E-state index >= 15 is 0 Å². The molecule has 3 rings (SSSR count). The van der Waals surface area contributed by atoms with E-state index in [0.717, 1.165) is 31.0 Å². The number of nitro groups is 1. The minimum absolute atomic E-state index is 0.0656. The highest BCUT2D eigenvalue weighted by molar-refractivity contribution is 5.80. The summed E-state index contributed by atoms with van der Waals surface area (Å²) in [6.45, 7) is 1.63. The minimum atomic E-state index is -0.411. The summed E-state index contributed by atoms with van der Waals surface area (Å²) in [6.07, 6.45) is 0.942. The highest BCUT2D eigenvalue weighted by Gasteiger charge is 2.22. The molecule has 1 atom stereocenters. The fourth-order valence-electron chi connectivity index (χ4n) is 2.23. The van der Waals surface area contributed by atoms with Crippen LogP contribution in [-0.4, -0.2) is 34.0 Å². The average molecular weight is 247 g/mol. The van der Waals surface area contributed by atoms with Gasteiger partial charge in [-0.2, -0.15) is 0 Å². The molecule has 7 heteroatoms. The summed E-state index contributed by atoms with van der Waals surface area (Å²) in [4.78, 5) is 19.9. The maximum atomic E-state index is 10.7. The maximum Gasteiger partial charge on any atom is 0.271 e. The third kappa shape index (κ3) is 1.78. The van der Waals surface area contributed by atoms with Gasteiger partial charge in [0.05, 0.1) is 16.0 Å². The predicted molar refractivity (Wildman–Crippen MR) is 67.6 cm³/mol. The van der Waals surface area contributed by atoms with Crippen LogP contribution in [0.5, 0.6) is 0 Å². The number of imidazole rings is 1. The Kier molecular flexibility index (Phi) is 2.41. The largest absolute Gasteiger partial charge is 0.341 e. The Balaban J connectivity index is 1.98. The van der Waals surface area contributed by atoms with E-state index in [0.29, 0.717) is 5.52 Å². The monoisotopic (exact) mass is 247 g/mol. The standard InChI is InChI=1S/C11H13N5O2/c12-7-3-4-15(6-7)11-13-9-2-1-8(16(17)18)5-10(9)14-11/h1-2,5,7H,3-4,6,12H2,(H,13,14). The molecule has 1 fully saturated rings. The van der Waals surface area contributed by atoms with Crippen molar-refractivity contribution >= 4 is 22.7 Å². The van der Waals surface area contributed by atoms with E-state index in [4.69, 9.17) is 5.73 Å². The van der Waals surface area contributed by atoms with Crippen molar-refractivity contribution in [3.05, 3.63) is 28.3 Å². The van der Waals surface area contributed by atoms with Gasteiger partial charge in [-0.25, -0.2) is 4.98 Å². The number of nitro benzene ring substituents is 1. The van der Waals surface area contributed by atoms with Gasteiger partial charge in [-0.3, -0.25) is 10.1 Å². The van der Waals surface area contributed by atoms with E-state index in [9.17, 15) is 10.1 Å². The molecule has 7 nitrogen and oxygen atoms in total. The number of aromatic amines is 1. The molecule has 1 aromatic carbocycles. The van der Waals surface area contributed by atoms with Gasteiger partial charge in [-0.1, -0.05) is 0 Å². The van der Waals surface area contributed by atoms with E-state index in [-0.39, 0.29) is 11.7 Å². The molecule has 3 N–H and O–H groups in total. The van der Waals surface area contributed by atoms with Gasteiger partial charge in [-0.05, 0) is 12.5 Å². The molecule has 0 spiro atoms. The molecule has 18 heavy (non-hydrogen) atoms. The molecule has 0 saturated carbocycles. The van der Waals surface area contributed by atoms with Gasteiger partial charge in [0.2, 0.25) is 5.95 Å². The maximum absolute atomic E-state index is 10.7. The molecular weight excluding hydrogens is 234 g/mol. The van der Waals surface area contributed by atoms with E-state index in [1.54, 1.807) is 6.07 Å². The Morgan fingerprint density at radius 2 is 2.39 bits per heavy atom. The van der Waals surface area contributed by atoms with Crippen molar-refractivity contribution < 1.29 is 4.92 Å². The van der Waals surface area contributed by atoms with Crippen molar-refractivity contribution in [2.75, 3.05) is 18.0 Å². The van der Waals surface area contributed by atoms with Crippen molar-refractivity contribution in [2.45, 2.75) is 12.5 Å². The average Bonchev–Trinajstić information content (AvgIpc) is 2.93. The van der Waals surface area contributed by atoms with Crippen LogP contribution in [0.2, 0.25) is 0 Å². The number of nitrogens with zero attached hydrogens (tertiary/aromatic N) is 3. The number of hydrogen-bond donors (Lipinski definition) is 2. The van der Waals surface area contributed by atoms with Crippen LogP contribution in [0.4, 0.5) is 11.6 Å². The third-order valence-corrected chi connectivity index (χ3v) is 3.19. The molecule has 0 amide bonds. The Morgan fingerprint density at radius 1 is 1.56 bits per heavy atom. The lowest BCUT2D eigenvalue weighted by Gasteiger charge is -2.13. The van der Waals surface area contributed by atoms with Crippen LogP contribution < -0.4 is 10.6 Å². The Hall–Kier alpha value is -2.15. The highest BCUT2D eigenvalue weighted by Crippen LogP contribution is 2.23. The summed E-state index contributed by atoms with van der Waals surface area (Å²) in [6, 6.07) is 4.79. The lowest BCUT2D eigenvalue weighted by atomic mass is 10.3. The summed E-state index contributed by atoms with van der Waals surface area (Å²) < 4.78 is 0. The number of non-ortho nitro benzene ring substituents is 1. The lowest BCUT2D eigenvalue weighted by Crippen LogP contribution is -2.26. The number of aromatic nitrogens is 2. The SMILES string of the molecule is NC1CCN(c2nc3ccc([N+](=O)[O-])cc3[nH]2)C1. The molecular formula is C11H13N5O2. The predicted octanol–water partition coefficient (Wildman–Crippen LogP) is 1.01. The molecule has 94 valence electrons. The van der Waals surface area contributed by atoms with Gasteiger partial charge in [0.15, 0.2) is 0 Å². The smallest absolute Gasteiger partial charge is 0.271 e. The van der Waals surface area contributed by atoms with E-state index in [2.05, 4.69) is 14.9 Å². The molecule has 0 bridgehead atoms. The Bertz CT molecular complexity index is 608. The molecule has 2 heterocycles. The fraction of sp³-hybridized carbons (Fsp3) is 0.364. The molecule has 0 radical (unpaired) electrons. The van der Waals surface area contributed by atoms with Crippen LogP contribution >= 0.6 is 0 Å². The van der Waals surface area contributed by atoms with Crippen LogP contribution in [-0.2, 0) is 0 Å². The van der Waals surface area contributed by atoms with Crippen molar-refractivity contribution in [2.24, 2.45) is 5.73 Å². The fourth-order valence-corrected chi connectivity index (χ4v) is 2.23. The number of H-pyrrole nitrogens is 1. The van der Waals surface area contributed by atoms with Gasteiger partial charge in [-0.15, -0.1) is 0 Å². The Labute approximate surface area is 103 Å². The molecule has 1 aromatic heterocycles. The Morgan fingerprint density at radius 3 is 3.06 bits per heavy atom. The molecule has 1 aliphatic heterocycles. The number of benzene rings is 1.